The SMILES string of the molecule is Cc1cccc(C)c1OCC(=O)NCc1cccc(-c2[nH]ncc2-c2ccncc2)c1. The third-order valence-corrected chi connectivity index (χ3v) is 5.09. The van der Waals surface area contributed by atoms with Gasteiger partial charge in [-0.25, -0.2) is 0 Å². The van der Waals surface area contributed by atoms with E-state index in [1.165, 1.54) is 0 Å². The van der Waals surface area contributed by atoms with Gasteiger partial charge in [0, 0.05) is 30.1 Å². The number of aryl methyl sites for hydroxylation is 2. The number of rotatable bonds is 7. The average molecular weight is 412 g/mol. The van der Waals surface area contributed by atoms with Gasteiger partial charge in [0.25, 0.3) is 5.91 Å². The summed E-state index contributed by atoms with van der Waals surface area (Å²) < 4.78 is 5.73. The Morgan fingerprint density at radius 3 is 2.52 bits per heavy atom. The Bertz CT molecular complexity index is 1160. The summed E-state index contributed by atoms with van der Waals surface area (Å²) in [6, 6.07) is 17.9. The number of H-pyrrole nitrogens is 1. The van der Waals surface area contributed by atoms with E-state index >= 15 is 0 Å². The number of para-hydroxylation sites is 1. The Labute approximate surface area is 181 Å². The minimum Gasteiger partial charge on any atom is -0.483 e. The number of pyridine rings is 1. The molecule has 0 bridgehead atoms. The molecule has 2 heterocycles. The number of hydrogen-bond acceptors (Lipinski definition) is 4. The molecule has 0 aliphatic carbocycles. The monoisotopic (exact) mass is 412 g/mol. The predicted molar refractivity (Wildman–Crippen MR) is 121 cm³/mol. The average Bonchev–Trinajstić information content (AvgIpc) is 3.28. The van der Waals surface area contributed by atoms with Gasteiger partial charge >= 0.3 is 0 Å². The van der Waals surface area contributed by atoms with Crippen LogP contribution in [0.5, 0.6) is 5.75 Å². The summed E-state index contributed by atoms with van der Waals surface area (Å²) >= 11 is 0. The van der Waals surface area contributed by atoms with Crippen LogP contribution in [0.15, 0.2) is 73.2 Å². The van der Waals surface area contributed by atoms with Gasteiger partial charge < -0.3 is 10.1 Å². The molecular formula is C25H24N4O2. The number of hydrogen-bond donors (Lipinski definition) is 2. The van der Waals surface area contributed by atoms with E-state index in [2.05, 4.69) is 20.5 Å². The van der Waals surface area contributed by atoms with Crippen LogP contribution in [0.2, 0.25) is 0 Å². The van der Waals surface area contributed by atoms with E-state index in [-0.39, 0.29) is 12.5 Å². The zero-order chi connectivity index (χ0) is 21.6. The largest absolute Gasteiger partial charge is 0.483 e. The fourth-order valence-electron chi connectivity index (χ4n) is 3.51. The van der Waals surface area contributed by atoms with E-state index in [1.54, 1.807) is 12.4 Å². The number of ether oxygens (including phenoxy) is 1. The molecule has 1 amide bonds. The minimum absolute atomic E-state index is 0.0158. The predicted octanol–water partition coefficient (Wildman–Crippen LogP) is 4.45. The molecule has 0 atom stereocenters. The zero-order valence-electron chi connectivity index (χ0n) is 17.6. The molecule has 0 unspecified atom stereocenters. The Hall–Kier alpha value is -3.93. The quantitative estimate of drug-likeness (QED) is 0.470. The standard InChI is InChI=1S/C25H24N4O2/c1-17-5-3-6-18(2)25(17)31-16-23(30)27-14-19-7-4-8-21(13-19)24-22(15-28-29-24)20-9-11-26-12-10-20/h3-13,15H,14,16H2,1-2H3,(H,27,30)(H,28,29). The second kappa shape index (κ2) is 9.26. The maximum absolute atomic E-state index is 12.3. The third-order valence-electron chi connectivity index (χ3n) is 5.09. The molecule has 0 saturated carbocycles. The van der Waals surface area contributed by atoms with Crippen LogP contribution in [-0.2, 0) is 11.3 Å². The van der Waals surface area contributed by atoms with E-state index < -0.39 is 0 Å². The van der Waals surface area contributed by atoms with E-state index in [4.69, 9.17) is 4.74 Å². The fourth-order valence-corrected chi connectivity index (χ4v) is 3.51. The van der Waals surface area contributed by atoms with Gasteiger partial charge in [0.2, 0.25) is 0 Å². The summed E-state index contributed by atoms with van der Waals surface area (Å²) in [6.07, 6.45) is 5.33. The van der Waals surface area contributed by atoms with E-state index in [1.807, 2.05) is 74.6 Å². The summed E-state index contributed by atoms with van der Waals surface area (Å²) in [5.41, 5.74) is 7.01. The molecule has 0 aliphatic rings. The van der Waals surface area contributed by atoms with Crippen LogP contribution in [0.25, 0.3) is 22.4 Å². The highest BCUT2D eigenvalue weighted by Gasteiger charge is 2.11. The van der Waals surface area contributed by atoms with Crippen molar-refractivity contribution in [2.75, 3.05) is 6.61 Å². The molecule has 2 aromatic carbocycles. The smallest absolute Gasteiger partial charge is 0.258 e. The molecule has 0 fully saturated rings. The van der Waals surface area contributed by atoms with Crippen molar-refractivity contribution >= 4 is 5.91 Å². The fraction of sp³-hybridized carbons (Fsp3) is 0.160. The van der Waals surface area contributed by atoms with Crippen LogP contribution in [0, 0.1) is 13.8 Å². The first-order valence-corrected chi connectivity index (χ1v) is 10.1. The number of carbonyl (C=O) groups is 1. The van der Waals surface area contributed by atoms with Crippen LogP contribution in [-0.4, -0.2) is 27.7 Å². The molecule has 0 spiro atoms. The van der Waals surface area contributed by atoms with Gasteiger partial charge in [-0.05, 0) is 54.3 Å². The number of benzene rings is 2. The van der Waals surface area contributed by atoms with E-state index in [9.17, 15) is 4.79 Å². The van der Waals surface area contributed by atoms with Crippen molar-refractivity contribution in [2.45, 2.75) is 20.4 Å². The lowest BCUT2D eigenvalue weighted by molar-refractivity contribution is -0.123. The zero-order valence-corrected chi connectivity index (χ0v) is 17.6. The molecule has 31 heavy (non-hydrogen) atoms. The second-order valence-corrected chi connectivity index (χ2v) is 7.38. The van der Waals surface area contributed by atoms with Gasteiger partial charge in [0.1, 0.15) is 5.75 Å². The van der Waals surface area contributed by atoms with Crippen molar-refractivity contribution in [1.29, 1.82) is 0 Å². The van der Waals surface area contributed by atoms with Gasteiger partial charge in [-0.3, -0.25) is 14.9 Å². The number of nitrogens with one attached hydrogen (secondary N) is 2. The Kier molecular flexibility index (Phi) is 6.08. The number of nitrogens with zero attached hydrogens (tertiary/aromatic N) is 2. The normalized spacial score (nSPS) is 10.6. The Balaban J connectivity index is 1.41. The van der Waals surface area contributed by atoms with Crippen LogP contribution in [0.1, 0.15) is 16.7 Å². The van der Waals surface area contributed by atoms with Crippen molar-refractivity contribution in [3.05, 3.63) is 89.9 Å². The van der Waals surface area contributed by atoms with Crippen LogP contribution < -0.4 is 10.1 Å². The Morgan fingerprint density at radius 1 is 1.00 bits per heavy atom. The lowest BCUT2D eigenvalue weighted by atomic mass is 10.0. The molecule has 4 aromatic rings. The molecule has 0 radical (unpaired) electrons. The number of aromatic amines is 1. The maximum Gasteiger partial charge on any atom is 0.258 e. The first-order chi connectivity index (χ1) is 15.1. The first kappa shape index (κ1) is 20.3. The lowest BCUT2D eigenvalue weighted by Crippen LogP contribution is -2.28. The van der Waals surface area contributed by atoms with Gasteiger partial charge in [-0.15, -0.1) is 0 Å². The lowest BCUT2D eigenvalue weighted by Gasteiger charge is -2.12. The van der Waals surface area contributed by atoms with Crippen molar-refractivity contribution < 1.29 is 9.53 Å². The second-order valence-electron chi connectivity index (χ2n) is 7.38. The molecule has 2 aromatic heterocycles. The third kappa shape index (κ3) is 4.80. The highest BCUT2D eigenvalue weighted by Crippen LogP contribution is 2.30. The van der Waals surface area contributed by atoms with Crippen molar-refractivity contribution in [3.63, 3.8) is 0 Å². The number of carbonyl (C=O) groups excluding carboxylic acids is 1. The number of aromatic nitrogens is 3. The van der Waals surface area contributed by atoms with Gasteiger partial charge in [0.05, 0.1) is 11.9 Å². The van der Waals surface area contributed by atoms with Crippen molar-refractivity contribution in [1.82, 2.24) is 20.5 Å². The molecule has 2 N–H and O–H groups in total. The van der Waals surface area contributed by atoms with Gasteiger partial charge in [0.15, 0.2) is 6.61 Å². The van der Waals surface area contributed by atoms with Crippen molar-refractivity contribution in [3.8, 4) is 28.1 Å². The van der Waals surface area contributed by atoms with Crippen LogP contribution in [0.3, 0.4) is 0 Å². The maximum atomic E-state index is 12.3. The summed E-state index contributed by atoms with van der Waals surface area (Å²) in [5.74, 6) is 0.606. The molecular weight excluding hydrogens is 388 g/mol. The summed E-state index contributed by atoms with van der Waals surface area (Å²) in [5, 5.41) is 10.2. The molecule has 6 nitrogen and oxygen atoms in total. The molecule has 6 heteroatoms. The highest BCUT2D eigenvalue weighted by molar-refractivity contribution is 5.80. The highest BCUT2D eigenvalue weighted by atomic mass is 16.5. The van der Waals surface area contributed by atoms with Crippen LogP contribution in [0.4, 0.5) is 0 Å². The minimum atomic E-state index is -0.160. The van der Waals surface area contributed by atoms with Gasteiger partial charge in [-0.2, -0.15) is 5.10 Å². The summed E-state index contributed by atoms with van der Waals surface area (Å²) in [7, 11) is 0. The van der Waals surface area contributed by atoms with Crippen LogP contribution >= 0.6 is 0 Å². The topological polar surface area (TPSA) is 79.9 Å². The van der Waals surface area contributed by atoms with Gasteiger partial charge in [-0.1, -0.05) is 36.4 Å². The van der Waals surface area contributed by atoms with E-state index in [0.717, 1.165) is 44.8 Å². The molecule has 0 aliphatic heterocycles. The molecule has 156 valence electrons. The first-order valence-electron chi connectivity index (χ1n) is 10.1. The summed E-state index contributed by atoms with van der Waals surface area (Å²) in [4.78, 5) is 16.4. The Morgan fingerprint density at radius 2 is 1.74 bits per heavy atom. The molecule has 4 rings (SSSR count). The summed E-state index contributed by atoms with van der Waals surface area (Å²) in [6.45, 7) is 4.35. The number of amides is 1. The molecule has 0 saturated heterocycles. The van der Waals surface area contributed by atoms with E-state index in [0.29, 0.717) is 6.54 Å². The van der Waals surface area contributed by atoms with Crippen molar-refractivity contribution in [2.24, 2.45) is 0 Å².